The van der Waals surface area contributed by atoms with E-state index in [9.17, 15) is 20.2 Å². The zero-order valence-corrected chi connectivity index (χ0v) is 7.10. The third-order valence-corrected chi connectivity index (χ3v) is 1.66. The minimum absolute atomic E-state index is 0.253. The van der Waals surface area contributed by atoms with E-state index in [-0.39, 0.29) is 6.07 Å². The first-order valence-corrected chi connectivity index (χ1v) is 3.50. The number of nitrogens with zero attached hydrogens (tertiary/aromatic N) is 2. The minimum atomic E-state index is -3.40. The van der Waals surface area contributed by atoms with Crippen LogP contribution in [0.1, 0.15) is 29.0 Å². The summed E-state index contributed by atoms with van der Waals surface area (Å²) in [5.74, 6) is 0. The summed E-state index contributed by atoms with van der Waals surface area (Å²) in [5, 5.41) is 22.4. The second-order valence-electron chi connectivity index (χ2n) is 2.56. The molecule has 0 fully saturated rings. The Balaban J connectivity index is 4.28. The normalized spacial score (nSPS) is 21.5. The molecule has 0 aliphatic heterocycles. The second kappa shape index (κ2) is 3.64. The maximum Gasteiger partial charge on any atom is 0.282 e. The molecule has 0 aromatic heterocycles. The first-order valence-electron chi connectivity index (χ1n) is 8.00. The standard InChI is InChI=1S/C9H10N2O4/c1-5-4-8(10(12)13)7(3)9(6(5)2)11(14)15/h4H,1-3H3/i1D3,2D3,3D3. The molecule has 0 aliphatic carbocycles. The largest absolute Gasteiger partial charge is 0.282 e. The maximum atomic E-state index is 11.3. The van der Waals surface area contributed by atoms with E-state index in [4.69, 9.17) is 12.3 Å². The Kier molecular flexibility index (Phi) is 0.942. The summed E-state index contributed by atoms with van der Waals surface area (Å²) in [5.41, 5.74) is -6.87. The van der Waals surface area contributed by atoms with Crippen LogP contribution < -0.4 is 0 Å². The first kappa shape index (κ1) is 3.88. The fourth-order valence-corrected chi connectivity index (χ4v) is 0.981. The summed E-state index contributed by atoms with van der Waals surface area (Å²) in [4.78, 5) is 19.7. The molecule has 80 valence electrons. The van der Waals surface area contributed by atoms with Gasteiger partial charge in [-0.25, -0.2) is 0 Å². The number of nitro benzene ring substituents is 2. The topological polar surface area (TPSA) is 86.3 Å². The van der Waals surface area contributed by atoms with E-state index < -0.39 is 58.5 Å². The van der Waals surface area contributed by atoms with Gasteiger partial charge in [-0.1, -0.05) is 0 Å². The highest BCUT2D eigenvalue weighted by Gasteiger charge is 2.25. The zero-order valence-electron chi connectivity index (χ0n) is 16.1. The third-order valence-electron chi connectivity index (χ3n) is 1.66. The second-order valence-corrected chi connectivity index (χ2v) is 2.56. The number of hydrogen-bond acceptors (Lipinski definition) is 4. The Hall–Kier alpha value is -1.98. The van der Waals surface area contributed by atoms with Crippen LogP contribution in [0.25, 0.3) is 0 Å². The molecule has 15 heavy (non-hydrogen) atoms. The minimum Gasteiger partial charge on any atom is -0.258 e. The van der Waals surface area contributed by atoms with E-state index in [1.54, 1.807) is 0 Å². The van der Waals surface area contributed by atoms with Crippen molar-refractivity contribution in [2.24, 2.45) is 0 Å². The molecule has 0 unspecified atom stereocenters. The first-order chi connectivity index (χ1) is 10.5. The quantitative estimate of drug-likeness (QED) is 0.564. The molecule has 1 rings (SSSR count). The highest BCUT2D eigenvalue weighted by molar-refractivity contribution is 5.60. The van der Waals surface area contributed by atoms with E-state index >= 15 is 0 Å². The highest BCUT2D eigenvalue weighted by atomic mass is 16.6. The van der Waals surface area contributed by atoms with Crippen LogP contribution >= 0.6 is 0 Å². The smallest absolute Gasteiger partial charge is 0.258 e. The van der Waals surface area contributed by atoms with Crippen molar-refractivity contribution >= 4 is 11.4 Å². The molecule has 1 aromatic rings. The van der Waals surface area contributed by atoms with Crippen LogP contribution in [0.3, 0.4) is 0 Å². The lowest BCUT2D eigenvalue weighted by atomic mass is 10.0. The molecule has 0 spiro atoms. The van der Waals surface area contributed by atoms with Crippen LogP contribution in [0.4, 0.5) is 11.4 Å². The predicted molar refractivity (Wildman–Crippen MR) is 54.0 cm³/mol. The van der Waals surface area contributed by atoms with Crippen LogP contribution in [0, 0.1) is 40.8 Å². The summed E-state index contributed by atoms with van der Waals surface area (Å²) in [6.45, 7) is -10.0. The van der Waals surface area contributed by atoms with Crippen molar-refractivity contribution < 1.29 is 22.2 Å². The van der Waals surface area contributed by atoms with Crippen LogP contribution in [0.15, 0.2) is 6.07 Å². The van der Waals surface area contributed by atoms with Gasteiger partial charge in [0, 0.05) is 24.0 Å². The Labute approximate surface area is 98.5 Å². The molecule has 0 aliphatic rings. The molecule has 6 heteroatoms. The van der Waals surface area contributed by atoms with E-state index in [0.29, 0.717) is 0 Å². The molecule has 0 atom stereocenters. The summed E-state index contributed by atoms with van der Waals surface area (Å²) < 4.78 is 65.7. The summed E-state index contributed by atoms with van der Waals surface area (Å²) >= 11 is 0. The van der Waals surface area contributed by atoms with Crippen LogP contribution in [-0.4, -0.2) is 9.85 Å². The number of nitro groups is 2. The Morgan fingerprint density at radius 1 is 1.13 bits per heavy atom. The van der Waals surface area contributed by atoms with Gasteiger partial charge in [0.25, 0.3) is 11.4 Å². The Morgan fingerprint density at radius 2 is 1.80 bits per heavy atom. The maximum absolute atomic E-state index is 11.3. The molecule has 0 amide bonds. The molecule has 0 radical (unpaired) electrons. The Morgan fingerprint density at radius 3 is 2.20 bits per heavy atom. The van der Waals surface area contributed by atoms with E-state index in [1.807, 2.05) is 0 Å². The van der Waals surface area contributed by atoms with Gasteiger partial charge in [0.1, 0.15) is 5.56 Å². The van der Waals surface area contributed by atoms with Crippen molar-refractivity contribution in [2.75, 3.05) is 0 Å². The van der Waals surface area contributed by atoms with Crippen LogP contribution in [-0.2, 0) is 0 Å². The third kappa shape index (κ3) is 1.78. The average Bonchev–Trinajstić information content (AvgIpc) is 2.32. The van der Waals surface area contributed by atoms with Crippen molar-refractivity contribution in [1.82, 2.24) is 0 Å². The summed E-state index contributed by atoms with van der Waals surface area (Å²) in [6, 6.07) is 0.253. The number of rotatable bonds is 2. The summed E-state index contributed by atoms with van der Waals surface area (Å²) in [6.07, 6.45) is 0. The van der Waals surface area contributed by atoms with Gasteiger partial charge in [0.2, 0.25) is 0 Å². The molecule has 1 aromatic carbocycles. The molecule has 0 bridgehead atoms. The fourth-order valence-electron chi connectivity index (χ4n) is 0.981. The van der Waals surface area contributed by atoms with E-state index in [0.717, 1.165) is 0 Å². The van der Waals surface area contributed by atoms with Gasteiger partial charge in [-0.3, -0.25) is 20.2 Å². The molecule has 0 N–H and O–H groups in total. The van der Waals surface area contributed by atoms with Crippen molar-refractivity contribution in [1.29, 1.82) is 0 Å². The molecule has 6 nitrogen and oxygen atoms in total. The lowest BCUT2D eigenvalue weighted by Gasteiger charge is -2.05. The van der Waals surface area contributed by atoms with E-state index in [1.165, 1.54) is 0 Å². The Bertz CT molecular complexity index is 705. The average molecular weight is 219 g/mol. The van der Waals surface area contributed by atoms with Gasteiger partial charge < -0.3 is 0 Å². The van der Waals surface area contributed by atoms with Gasteiger partial charge in [-0.2, -0.15) is 0 Å². The number of hydrogen-bond donors (Lipinski definition) is 0. The van der Waals surface area contributed by atoms with Crippen molar-refractivity contribution in [3.8, 4) is 0 Å². The van der Waals surface area contributed by atoms with Gasteiger partial charge >= 0.3 is 0 Å². The van der Waals surface area contributed by atoms with Gasteiger partial charge in [-0.15, -0.1) is 0 Å². The fraction of sp³-hybridized carbons (Fsp3) is 0.333. The molecular formula is C9H10N2O4. The molecule has 0 heterocycles. The zero-order chi connectivity index (χ0) is 19.2. The highest BCUT2D eigenvalue weighted by Crippen LogP contribution is 2.32. The van der Waals surface area contributed by atoms with Crippen LogP contribution in [0.5, 0.6) is 0 Å². The van der Waals surface area contributed by atoms with Gasteiger partial charge in [-0.05, 0) is 26.1 Å². The van der Waals surface area contributed by atoms with Gasteiger partial charge in [0.05, 0.1) is 9.85 Å². The molecular weight excluding hydrogens is 200 g/mol. The predicted octanol–water partition coefficient (Wildman–Crippen LogP) is 2.43. The lowest BCUT2D eigenvalue weighted by molar-refractivity contribution is -0.395. The van der Waals surface area contributed by atoms with Crippen LogP contribution in [0.2, 0.25) is 0 Å². The van der Waals surface area contributed by atoms with E-state index in [2.05, 4.69) is 0 Å². The van der Waals surface area contributed by atoms with Crippen molar-refractivity contribution in [3.63, 3.8) is 0 Å². The number of benzene rings is 1. The lowest BCUT2D eigenvalue weighted by Crippen LogP contribution is -2.01. The van der Waals surface area contributed by atoms with Crippen molar-refractivity contribution in [3.05, 3.63) is 43.0 Å². The number of aryl methyl sites for hydroxylation is 1. The molecule has 0 saturated heterocycles. The van der Waals surface area contributed by atoms with Crippen molar-refractivity contribution in [2.45, 2.75) is 20.6 Å². The SMILES string of the molecule is [2H]C([2H])([2H])c1cc([N+](=O)[O-])c(C([2H])([2H])[2H])c([N+](=O)[O-])c1C([2H])([2H])[2H]. The molecule has 0 saturated carbocycles. The monoisotopic (exact) mass is 219 g/mol. The van der Waals surface area contributed by atoms with Gasteiger partial charge in [0.15, 0.2) is 0 Å². The summed E-state index contributed by atoms with van der Waals surface area (Å²) in [7, 11) is 0.